The topological polar surface area (TPSA) is 60.4 Å². The lowest BCUT2D eigenvalue weighted by atomic mass is 10.2. The van der Waals surface area contributed by atoms with Gasteiger partial charge in [0, 0.05) is 0 Å². The van der Waals surface area contributed by atoms with Crippen LogP contribution in [0.25, 0.3) is 0 Å². The zero-order chi connectivity index (χ0) is 15.1. The highest BCUT2D eigenvalue weighted by Crippen LogP contribution is 2.15. The number of hydrogen-bond donors (Lipinski definition) is 0. The smallest absolute Gasteiger partial charge is 0.434 e. The average molecular weight is 290 g/mol. The van der Waals surface area contributed by atoms with Crippen molar-refractivity contribution in [2.75, 3.05) is 7.11 Å². The van der Waals surface area contributed by atoms with Gasteiger partial charge in [-0.3, -0.25) is 4.84 Å². The van der Waals surface area contributed by atoms with Gasteiger partial charge in [-0.1, -0.05) is 41.6 Å². The van der Waals surface area contributed by atoms with Crippen LogP contribution in [0.3, 0.4) is 0 Å². The lowest BCUT2D eigenvalue weighted by molar-refractivity contribution is -0.162. The highest BCUT2D eigenvalue weighted by Gasteiger charge is 2.27. The van der Waals surface area contributed by atoms with Gasteiger partial charge >= 0.3 is 6.09 Å². The normalized spacial score (nSPS) is 21.5. The molecule has 1 aromatic carbocycles. The maximum absolute atomic E-state index is 12.1. The van der Waals surface area contributed by atoms with Crippen molar-refractivity contribution >= 4 is 12.3 Å². The van der Waals surface area contributed by atoms with Crippen LogP contribution in [0.2, 0.25) is 0 Å². The van der Waals surface area contributed by atoms with E-state index < -0.39 is 12.2 Å². The largest absolute Gasteiger partial charge is 0.443 e. The van der Waals surface area contributed by atoms with Crippen LogP contribution in [0.5, 0.6) is 0 Å². The van der Waals surface area contributed by atoms with Crippen molar-refractivity contribution in [3.63, 3.8) is 0 Å². The van der Waals surface area contributed by atoms with Crippen molar-refractivity contribution < 1.29 is 19.2 Å². The Hall–Kier alpha value is -2.34. The van der Waals surface area contributed by atoms with E-state index >= 15 is 0 Å². The molecule has 0 N–H and O–H groups in total. The molecule has 0 spiro atoms. The Labute approximate surface area is 123 Å². The quantitative estimate of drug-likeness (QED) is 0.485. The Balaban J connectivity index is 1.92. The minimum absolute atomic E-state index is 0.201. The highest BCUT2D eigenvalue weighted by molar-refractivity contribution is 5.70. The Morgan fingerprint density at radius 3 is 2.86 bits per heavy atom. The van der Waals surface area contributed by atoms with E-state index in [0.717, 1.165) is 5.56 Å². The minimum Gasteiger partial charge on any atom is -0.443 e. The monoisotopic (exact) mass is 290 g/mol. The fraction of sp³-hybridized carbons (Fsp3) is 0.333. The molecule has 1 aliphatic heterocycles. The van der Waals surface area contributed by atoms with Crippen molar-refractivity contribution in [3.8, 4) is 0 Å². The van der Waals surface area contributed by atoms with Crippen LogP contribution in [0.4, 0.5) is 4.79 Å². The third-order valence-electron chi connectivity index (χ3n) is 2.88. The molecular formula is C15H18N2O4. The number of carbonyl (C=O) groups excluding carboxylic acids is 1. The van der Waals surface area contributed by atoms with Crippen LogP contribution < -0.4 is 0 Å². The molecule has 21 heavy (non-hydrogen) atoms. The van der Waals surface area contributed by atoms with Crippen molar-refractivity contribution in [2.45, 2.75) is 25.7 Å². The van der Waals surface area contributed by atoms with Gasteiger partial charge in [0.05, 0.1) is 12.3 Å². The second-order valence-corrected chi connectivity index (χ2v) is 4.50. The van der Waals surface area contributed by atoms with Crippen molar-refractivity contribution in [1.29, 1.82) is 0 Å². The molecular weight excluding hydrogens is 272 g/mol. The first kappa shape index (κ1) is 15.1. The van der Waals surface area contributed by atoms with Gasteiger partial charge < -0.3 is 9.57 Å². The summed E-state index contributed by atoms with van der Waals surface area (Å²) in [5.41, 5.74) is 0.920. The first-order chi connectivity index (χ1) is 10.2. The van der Waals surface area contributed by atoms with E-state index in [9.17, 15) is 4.79 Å². The molecule has 0 saturated heterocycles. The van der Waals surface area contributed by atoms with E-state index in [-0.39, 0.29) is 12.6 Å². The molecule has 112 valence electrons. The maximum atomic E-state index is 12.1. The van der Waals surface area contributed by atoms with Crippen molar-refractivity contribution in [2.24, 2.45) is 5.16 Å². The number of hydroxylamine groups is 2. The number of ether oxygens (including phenoxy) is 1. The maximum Gasteiger partial charge on any atom is 0.434 e. The Morgan fingerprint density at radius 2 is 2.14 bits per heavy atom. The summed E-state index contributed by atoms with van der Waals surface area (Å²) in [4.78, 5) is 22.2. The van der Waals surface area contributed by atoms with Gasteiger partial charge in [0.1, 0.15) is 19.8 Å². The molecule has 1 heterocycles. The summed E-state index contributed by atoms with van der Waals surface area (Å²) in [5.74, 6) is 0. The number of oxime groups is 1. The zero-order valence-corrected chi connectivity index (χ0v) is 12.0. The van der Waals surface area contributed by atoms with Gasteiger partial charge in [-0.05, 0) is 18.6 Å². The van der Waals surface area contributed by atoms with E-state index in [1.165, 1.54) is 18.4 Å². The number of hydrogen-bond acceptors (Lipinski definition) is 5. The van der Waals surface area contributed by atoms with Gasteiger partial charge in [0.25, 0.3) is 0 Å². The van der Waals surface area contributed by atoms with Gasteiger partial charge in [-0.2, -0.15) is 5.06 Å². The summed E-state index contributed by atoms with van der Waals surface area (Å²) in [7, 11) is 1.44. The van der Waals surface area contributed by atoms with Crippen LogP contribution in [0.15, 0.2) is 47.6 Å². The summed E-state index contributed by atoms with van der Waals surface area (Å²) in [6, 6.07) is 9.27. The first-order valence-electron chi connectivity index (χ1n) is 6.62. The average Bonchev–Trinajstić information content (AvgIpc) is 2.53. The van der Waals surface area contributed by atoms with E-state index in [4.69, 9.17) is 9.57 Å². The van der Waals surface area contributed by atoms with Gasteiger partial charge in [0.15, 0.2) is 0 Å². The fourth-order valence-electron chi connectivity index (χ4n) is 1.80. The molecule has 2 rings (SSSR count). The molecule has 0 saturated carbocycles. The molecule has 2 atom stereocenters. The molecule has 0 radical (unpaired) electrons. The van der Waals surface area contributed by atoms with Crippen LogP contribution in [-0.4, -0.2) is 36.6 Å². The second-order valence-electron chi connectivity index (χ2n) is 4.50. The number of nitrogens with zero attached hydrogens (tertiary/aromatic N) is 2. The third kappa shape index (κ3) is 4.32. The lowest BCUT2D eigenvalue weighted by Gasteiger charge is -2.30. The fourth-order valence-corrected chi connectivity index (χ4v) is 1.80. The third-order valence-corrected chi connectivity index (χ3v) is 2.88. The molecule has 6 nitrogen and oxygen atoms in total. The number of benzene rings is 1. The summed E-state index contributed by atoms with van der Waals surface area (Å²) >= 11 is 0. The van der Waals surface area contributed by atoms with E-state index in [2.05, 4.69) is 9.99 Å². The minimum atomic E-state index is -0.536. The summed E-state index contributed by atoms with van der Waals surface area (Å²) in [6.07, 6.45) is 4.12. The Bertz CT molecular complexity index is 516. The highest BCUT2D eigenvalue weighted by atomic mass is 16.7. The Kier molecular flexibility index (Phi) is 5.34. The molecule has 0 aliphatic carbocycles. The molecule has 6 heteroatoms. The molecule has 1 aliphatic rings. The second kappa shape index (κ2) is 7.44. The predicted octanol–water partition coefficient (Wildman–Crippen LogP) is 2.52. The van der Waals surface area contributed by atoms with Crippen LogP contribution in [0.1, 0.15) is 12.5 Å². The summed E-state index contributed by atoms with van der Waals surface area (Å²) in [6.45, 7) is 2.04. The van der Waals surface area contributed by atoms with Crippen LogP contribution in [0, 0.1) is 0 Å². The molecule has 0 fully saturated rings. The summed E-state index contributed by atoms with van der Waals surface area (Å²) in [5, 5.41) is 4.82. The van der Waals surface area contributed by atoms with E-state index in [1.54, 1.807) is 6.08 Å². The zero-order valence-electron chi connectivity index (χ0n) is 12.0. The van der Waals surface area contributed by atoms with E-state index in [0.29, 0.717) is 0 Å². The van der Waals surface area contributed by atoms with Crippen molar-refractivity contribution in [1.82, 2.24) is 5.06 Å². The summed E-state index contributed by atoms with van der Waals surface area (Å²) < 4.78 is 5.24. The van der Waals surface area contributed by atoms with Gasteiger partial charge in [-0.25, -0.2) is 4.79 Å². The number of carbonyl (C=O) groups is 1. The SMILES string of the molecule is CO/N=C/[C@H]1C=C[C@@H](C)N(C(=O)OCc2ccccc2)O1. The van der Waals surface area contributed by atoms with Crippen LogP contribution >= 0.6 is 0 Å². The standard InChI is InChI=1S/C15H18N2O4/c1-12-8-9-14(10-16-19-2)21-17(12)15(18)20-11-13-6-4-3-5-7-13/h3-10,12,14H,11H2,1-2H3/b16-10+/t12-,14-/m1/s1. The number of rotatable bonds is 4. The molecule has 0 bridgehead atoms. The Morgan fingerprint density at radius 1 is 1.38 bits per heavy atom. The lowest BCUT2D eigenvalue weighted by Crippen LogP contribution is -2.43. The molecule has 1 amide bonds. The van der Waals surface area contributed by atoms with E-state index in [1.807, 2.05) is 43.3 Å². The van der Waals surface area contributed by atoms with Crippen LogP contribution in [-0.2, 0) is 21.0 Å². The predicted molar refractivity (Wildman–Crippen MR) is 77.4 cm³/mol. The first-order valence-corrected chi connectivity index (χ1v) is 6.62. The van der Waals surface area contributed by atoms with Crippen molar-refractivity contribution in [3.05, 3.63) is 48.0 Å². The number of amides is 1. The van der Waals surface area contributed by atoms with Gasteiger partial charge in [0.2, 0.25) is 0 Å². The van der Waals surface area contributed by atoms with Gasteiger partial charge in [-0.15, -0.1) is 0 Å². The molecule has 0 unspecified atom stereocenters. The molecule has 0 aromatic heterocycles. The molecule has 1 aromatic rings.